The van der Waals surface area contributed by atoms with Crippen molar-refractivity contribution in [3.63, 3.8) is 0 Å². The summed E-state index contributed by atoms with van der Waals surface area (Å²) in [4.78, 5) is 54.6. The Bertz CT molecular complexity index is 1390. The van der Waals surface area contributed by atoms with Gasteiger partial charge in [-0.15, -0.1) is 0 Å². The minimum absolute atomic E-state index is 0.151. The normalized spacial score (nSPS) is 20.6. The number of amides is 3. The first-order chi connectivity index (χ1) is 21.7. The molecule has 1 heterocycles. The number of ether oxygens (including phenoxy) is 3. The highest BCUT2D eigenvalue weighted by molar-refractivity contribution is 5.92. The Labute approximate surface area is 272 Å². The SMILES string of the molecule is COC(=O)c1ccc(CO[C@@H]2CCN(C(=O)[C@@H](NC(=O)OC(C)(C)C)C(C)(C)C)[C@H](C(=O)N[C@@H]3CCCc4ccccc43)C2)cc1. The zero-order valence-corrected chi connectivity index (χ0v) is 28.2. The standard InChI is InChI=1S/C36H49N3O7/c1-35(2,3)30(38-34(43)46-36(4,5)6)32(41)39-20-19-26(45-22-23-15-17-25(18-16-23)33(42)44-7)21-29(39)31(40)37-28-14-10-12-24-11-8-9-13-27(24)28/h8-9,11,13,15-18,26,28-30H,10,12,14,19-22H2,1-7H3,(H,37,40)(H,38,43)/t26-,28-,29+,30-/m1/s1. The fourth-order valence-corrected chi connectivity index (χ4v) is 6.08. The molecule has 0 unspecified atom stereocenters. The Morgan fingerprint density at radius 1 is 0.957 bits per heavy atom. The second-order valence-corrected chi connectivity index (χ2v) is 14.3. The summed E-state index contributed by atoms with van der Waals surface area (Å²) in [6.45, 7) is 11.5. The molecule has 0 radical (unpaired) electrons. The first kappa shape index (κ1) is 34.9. The van der Waals surface area contributed by atoms with Crippen LogP contribution in [0.3, 0.4) is 0 Å². The zero-order chi connectivity index (χ0) is 33.6. The molecule has 1 aliphatic heterocycles. The number of hydrogen-bond donors (Lipinski definition) is 2. The van der Waals surface area contributed by atoms with Crippen molar-refractivity contribution in [2.24, 2.45) is 5.41 Å². The van der Waals surface area contributed by atoms with Crippen LogP contribution in [0.1, 0.15) is 100 Å². The number of carbonyl (C=O) groups excluding carboxylic acids is 4. The third-order valence-electron chi connectivity index (χ3n) is 8.46. The van der Waals surface area contributed by atoms with Gasteiger partial charge in [0, 0.05) is 13.0 Å². The van der Waals surface area contributed by atoms with Gasteiger partial charge in [0.05, 0.1) is 31.4 Å². The maximum Gasteiger partial charge on any atom is 0.408 e. The monoisotopic (exact) mass is 635 g/mol. The summed E-state index contributed by atoms with van der Waals surface area (Å²) in [6.07, 6.45) is 2.59. The van der Waals surface area contributed by atoms with Gasteiger partial charge < -0.3 is 29.7 Å². The minimum Gasteiger partial charge on any atom is -0.465 e. The molecule has 4 atom stereocenters. The van der Waals surface area contributed by atoms with Gasteiger partial charge in [0.2, 0.25) is 11.8 Å². The third kappa shape index (κ3) is 9.09. The number of nitrogens with zero attached hydrogens (tertiary/aromatic N) is 1. The number of fused-ring (bicyclic) bond motifs is 1. The molecule has 2 aromatic carbocycles. The molecule has 3 amide bonds. The van der Waals surface area contributed by atoms with Crippen molar-refractivity contribution in [3.8, 4) is 0 Å². The summed E-state index contributed by atoms with van der Waals surface area (Å²) in [5.41, 5.74) is 2.28. The van der Waals surface area contributed by atoms with E-state index in [-0.39, 0.29) is 37.1 Å². The van der Waals surface area contributed by atoms with Gasteiger partial charge in [-0.2, -0.15) is 0 Å². The lowest BCUT2D eigenvalue weighted by Gasteiger charge is -2.43. The lowest BCUT2D eigenvalue weighted by molar-refractivity contribution is -0.150. The second kappa shape index (κ2) is 14.7. The van der Waals surface area contributed by atoms with Gasteiger partial charge in [-0.3, -0.25) is 9.59 Å². The van der Waals surface area contributed by atoms with Gasteiger partial charge in [-0.1, -0.05) is 57.2 Å². The molecule has 10 nitrogen and oxygen atoms in total. The number of hydrogen-bond acceptors (Lipinski definition) is 7. The van der Waals surface area contributed by atoms with E-state index in [2.05, 4.69) is 22.8 Å². The van der Waals surface area contributed by atoms with Crippen LogP contribution in [0.5, 0.6) is 0 Å². The molecule has 2 aromatic rings. The van der Waals surface area contributed by atoms with Crippen molar-refractivity contribution in [2.45, 2.75) is 110 Å². The summed E-state index contributed by atoms with van der Waals surface area (Å²) in [5.74, 6) is -0.983. The predicted molar refractivity (Wildman–Crippen MR) is 174 cm³/mol. The molecule has 250 valence electrons. The third-order valence-corrected chi connectivity index (χ3v) is 8.46. The zero-order valence-electron chi connectivity index (χ0n) is 28.2. The Morgan fingerprint density at radius 3 is 2.30 bits per heavy atom. The van der Waals surface area contributed by atoms with E-state index in [1.807, 2.05) is 45.0 Å². The minimum atomic E-state index is -0.918. The molecule has 1 saturated heterocycles. The molecule has 0 saturated carbocycles. The van der Waals surface area contributed by atoms with Crippen LogP contribution in [-0.2, 0) is 36.8 Å². The first-order valence-electron chi connectivity index (χ1n) is 16.1. The van der Waals surface area contributed by atoms with Crippen LogP contribution in [0, 0.1) is 5.41 Å². The van der Waals surface area contributed by atoms with Gasteiger partial charge in [0.15, 0.2) is 0 Å². The van der Waals surface area contributed by atoms with Crippen molar-refractivity contribution >= 4 is 23.9 Å². The van der Waals surface area contributed by atoms with E-state index in [0.29, 0.717) is 18.4 Å². The molecule has 2 N–H and O–H groups in total. The summed E-state index contributed by atoms with van der Waals surface area (Å²) < 4.78 is 16.5. The lowest BCUT2D eigenvalue weighted by Crippen LogP contribution is -2.62. The molecule has 0 spiro atoms. The van der Waals surface area contributed by atoms with E-state index >= 15 is 0 Å². The Morgan fingerprint density at radius 2 is 1.65 bits per heavy atom. The Kier molecular flexibility index (Phi) is 11.1. The van der Waals surface area contributed by atoms with E-state index < -0.39 is 35.2 Å². The van der Waals surface area contributed by atoms with E-state index in [9.17, 15) is 19.2 Å². The van der Waals surface area contributed by atoms with Crippen molar-refractivity contribution < 1.29 is 33.4 Å². The Hall–Kier alpha value is -3.92. The first-order valence-corrected chi connectivity index (χ1v) is 16.1. The van der Waals surface area contributed by atoms with Crippen LogP contribution in [0.25, 0.3) is 0 Å². The molecule has 1 aliphatic carbocycles. The van der Waals surface area contributed by atoms with E-state index in [1.54, 1.807) is 37.8 Å². The smallest absolute Gasteiger partial charge is 0.408 e. The predicted octanol–water partition coefficient (Wildman–Crippen LogP) is 5.48. The van der Waals surface area contributed by atoms with Gasteiger partial charge in [0.1, 0.15) is 17.7 Å². The summed E-state index contributed by atoms with van der Waals surface area (Å²) >= 11 is 0. The van der Waals surface area contributed by atoms with Crippen molar-refractivity contribution in [1.82, 2.24) is 15.5 Å². The highest BCUT2D eigenvalue weighted by Gasteiger charge is 2.44. The van der Waals surface area contributed by atoms with Crippen LogP contribution in [0.4, 0.5) is 4.79 Å². The van der Waals surface area contributed by atoms with Crippen molar-refractivity contribution in [1.29, 1.82) is 0 Å². The summed E-state index contributed by atoms with van der Waals surface area (Å²) in [6, 6.07) is 13.3. The number of methoxy groups -OCH3 is 1. The number of piperidine rings is 1. The number of likely N-dealkylation sites (tertiary alicyclic amines) is 1. The molecule has 0 aromatic heterocycles. The molecule has 46 heavy (non-hydrogen) atoms. The molecule has 1 fully saturated rings. The summed E-state index contributed by atoms with van der Waals surface area (Å²) in [5, 5.41) is 6.04. The Balaban J connectivity index is 1.54. The average molecular weight is 636 g/mol. The van der Waals surface area contributed by atoms with E-state index in [4.69, 9.17) is 14.2 Å². The number of nitrogens with one attached hydrogen (secondary N) is 2. The fourth-order valence-electron chi connectivity index (χ4n) is 6.08. The van der Waals surface area contributed by atoms with E-state index in [1.165, 1.54) is 12.7 Å². The van der Waals surface area contributed by atoms with Crippen LogP contribution < -0.4 is 10.6 Å². The average Bonchev–Trinajstić information content (AvgIpc) is 3.01. The van der Waals surface area contributed by atoms with Gasteiger partial charge in [-0.25, -0.2) is 9.59 Å². The maximum absolute atomic E-state index is 14.2. The quantitative estimate of drug-likeness (QED) is 0.368. The largest absolute Gasteiger partial charge is 0.465 e. The summed E-state index contributed by atoms with van der Waals surface area (Å²) in [7, 11) is 1.34. The molecular weight excluding hydrogens is 586 g/mol. The maximum atomic E-state index is 14.2. The number of carbonyl (C=O) groups is 4. The number of rotatable bonds is 8. The highest BCUT2D eigenvalue weighted by atomic mass is 16.6. The fraction of sp³-hybridized carbons (Fsp3) is 0.556. The molecule has 2 aliphatic rings. The molecule has 10 heteroatoms. The molecule has 4 rings (SSSR count). The topological polar surface area (TPSA) is 123 Å². The number of aryl methyl sites for hydroxylation is 1. The van der Waals surface area contributed by atoms with Gasteiger partial charge in [-0.05, 0) is 80.7 Å². The highest BCUT2D eigenvalue weighted by Crippen LogP contribution is 2.32. The lowest BCUT2D eigenvalue weighted by atomic mass is 9.84. The van der Waals surface area contributed by atoms with Crippen LogP contribution >= 0.6 is 0 Å². The van der Waals surface area contributed by atoms with Crippen LogP contribution in [0.15, 0.2) is 48.5 Å². The number of alkyl carbamates (subject to hydrolysis) is 1. The number of benzene rings is 2. The van der Waals surface area contributed by atoms with Crippen LogP contribution in [0.2, 0.25) is 0 Å². The van der Waals surface area contributed by atoms with Gasteiger partial charge >= 0.3 is 12.1 Å². The molecular formula is C36H49N3O7. The van der Waals surface area contributed by atoms with Crippen LogP contribution in [-0.4, -0.2) is 66.2 Å². The second-order valence-electron chi connectivity index (χ2n) is 14.3. The number of esters is 1. The van der Waals surface area contributed by atoms with Crippen molar-refractivity contribution in [3.05, 3.63) is 70.8 Å². The van der Waals surface area contributed by atoms with Gasteiger partial charge in [0.25, 0.3) is 0 Å². The van der Waals surface area contributed by atoms with E-state index in [0.717, 1.165) is 30.4 Å². The van der Waals surface area contributed by atoms with Crippen molar-refractivity contribution in [2.75, 3.05) is 13.7 Å². The molecule has 0 bridgehead atoms.